The van der Waals surface area contributed by atoms with E-state index in [2.05, 4.69) is 10.5 Å². The number of non-ortho nitro benzene ring substituents is 1. The van der Waals surface area contributed by atoms with Crippen LogP contribution in [0.3, 0.4) is 0 Å². The predicted octanol–water partition coefficient (Wildman–Crippen LogP) is 2.17. The third-order valence-electron chi connectivity index (χ3n) is 3.17. The van der Waals surface area contributed by atoms with Gasteiger partial charge in [-0.2, -0.15) is 5.10 Å². The summed E-state index contributed by atoms with van der Waals surface area (Å²) in [7, 11) is 0. The number of aliphatic hydroxyl groups excluding tert-OH is 1. The first-order valence-electron chi connectivity index (χ1n) is 6.81. The van der Waals surface area contributed by atoms with Crippen LogP contribution < -0.4 is 5.43 Å². The first-order valence-corrected chi connectivity index (χ1v) is 6.81. The zero-order valence-electron chi connectivity index (χ0n) is 12.3. The molecule has 0 spiro atoms. The molecule has 1 amide bonds. The summed E-state index contributed by atoms with van der Waals surface area (Å²) in [6.07, 6.45) is -1.34. The van der Waals surface area contributed by atoms with Crippen LogP contribution in [0.4, 0.5) is 5.69 Å². The second-order valence-corrected chi connectivity index (χ2v) is 4.79. The van der Waals surface area contributed by atoms with Crippen molar-refractivity contribution in [2.24, 2.45) is 5.10 Å². The minimum absolute atomic E-state index is 0.0623. The Bertz CT molecular complexity index is 744. The van der Waals surface area contributed by atoms with Gasteiger partial charge in [0.25, 0.3) is 11.6 Å². The van der Waals surface area contributed by atoms with E-state index in [-0.39, 0.29) is 5.69 Å². The highest BCUT2D eigenvalue weighted by Gasteiger charge is 2.16. The van der Waals surface area contributed by atoms with Crippen molar-refractivity contribution in [3.63, 3.8) is 0 Å². The third-order valence-corrected chi connectivity index (χ3v) is 3.17. The number of carbonyl (C=O) groups excluding carboxylic acids is 1. The quantitative estimate of drug-likeness (QED) is 0.501. The first kappa shape index (κ1) is 16.3. The van der Waals surface area contributed by atoms with Crippen molar-refractivity contribution in [1.29, 1.82) is 0 Å². The number of amides is 1. The van der Waals surface area contributed by atoms with E-state index in [1.54, 1.807) is 43.3 Å². The number of carbonyl (C=O) groups is 1. The van der Waals surface area contributed by atoms with Gasteiger partial charge in [-0.3, -0.25) is 14.9 Å². The number of aliphatic hydroxyl groups is 1. The third kappa shape index (κ3) is 4.21. The van der Waals surface area contributed by atoms with E-state index in [0.29, 0.717) is 16.8 Å². The van der Waals surface area contributed by atoms with Gasteiger partial charge >= 0.3 is 0 Å². The van der Waals surface area contributed by atoms with Crippen molar-refractivity contribution >= 4 is 17.3 Å². The van der Waals surface area contributed by atoms with E-state index in [0.717, 1.165) is 0 Å². The minimum Gasteiger partial charge on any atom is -0.378 e. The number of hydrogen-bond donors (Lipinski definition) is 2. The van der Waals surface area contributed by atoms with Gasteiger partial charge in [-0.15, -0.1) is 0 Å². The van der Waals surface area contributed by atoms with Gasteiger partial charge < -0.3 is 5.11 Å². The average Bonchev–Trinajstić information content (AvgIpc) is 2.59. The number of rotatable bonds is 5. The van der Waals surface area contributed by atoms with Crippen LogP contribution in [0.2, 0.25) is 0 Å². The molecule has 0 saturated heterocycles. The van der Waals surface area contributed by atoms with Crippen LogP contribution in [0.15, 0.2) is 59.7 Å². The zero-order chi connectivity index (χ0) is 16.8. The number of nitrogens with zero attached hydrogens (tertiary/aromatic N) is 2. The molecular weight excluding hydrogens is 298 g/mol. The Morgan fingerprint density at radius 3 is 2.57 bits per heavy atom. The molecule has 1 unspecified atom stereocenters. The summed E-state index contributed by atoms with van der Waals surface area (Å²) in [5.74, 6) is -0.680. The molecule has 23 heavy (non-hydrogen) atoms. The van der Waals surface area contributed by atoms with E-state index in [9.17, 15) is 20.0 Å². The molecule has 2 aromatic carbocycles. The first-order chi connectivity index (χ1) is 11.0. The molecule has 2 aromatic rings. The van der Waals surface area contributed by atoms with Crippen molar-refractivity contribution in [2.45, 2.75) is 13.0 Å². The molecule has 0 aromatic heterocycles. The maximum Gasteiger partial charge on any atom is 0.273 e. The monoisotopic (exact) mass is 313 g/mol. The number of benzene rings is 2. The van der Waals surface area contributed by atoms with E-state index in [1.807, 2.05) is 0 Å². The normalized spacial score (nSPS) is 12.5. The van der Waals surface area contributed by atoms with Gasteiger partial charge in [-0.1, -0.05) is 42.5 Å². The zero-order valence-corrected chi connectivity index (χ0v) is 12.3. The molecule has 2 rings (SSSR count). The molecule has 0 radical (unpaired) electrons. The Morgan fingerprint density at radius 2 is 1.91 bits per heavy atom. The molecule has 0 aliphatic rings. The van der Waals surface area contributed by atoms with Gasteiger partial charge in [-0.05, 0) is 12.5 Å². The second-order valence-electron chi connectivity index (χ2n) is 4.79. The standard InChI is InChI=1S/C16H15N3O4/c1-11(13-8-5-9-14(10-13)19(22)23)17-18-16(21)15(20)12-6-3-2-4-7-12/h2-10,15,20H,1H3,(H,18,21)/b17-11+. The Morgan fingerprint density at radius 1 is 1.22 bits per heavy atom. The van der Waals surface area contributed by atoms with Crippen molar-refractivity contribution in [2.75, 3.05) is 0 Å². The topological polar surface area (TPSA) is 105 Å². The number of nitro benzene ring substituents is 1. The Labute approximate surface area is 132 Å². The maximum absolute atomic E-state index is 11.9. The number of nitrogens with one attached hydrogen (secondary N) is 1. The molecule has 2 N–H and O–H groups in total. The molecular formula is C16H15N3O4. The fourth-order valence-electron chi connectivity index (χ4n) is 1.90. The summed E-state index contributed by atoms with van der Waals surface area (Å²) in [4.78, 5) is 22.1. The van der Waals surface area contributed by atoms with Crippen LogP contribution in [0.25, 0.3) is 0 Å². The molecule has 0 bridgehead atoms. The fourth-order valence-corrected chi connectivity index (χ4v) is 1.90. The summed E-state index contributed by atoms with van der Waals surface area (Å²) in [6, 6.07) is 14.4. The minimum atomic E-state index is -1.34. The molecule has 1 atom stereocenters. The van der Waals surface area contributed by atoms with E-state index >= 15 is 0 Å². The van der Waals surface area contributed by atoms with Gasteiger partial charge in [-0.25, -0.2) is 5.43 Å². The fraction of sp³-hybridized carbons (Fsp3) is 0.125. The summed E-state index contributed by atoms with van der Waals surface area (Å²) < 4.78 is 0. The van der Waals surface area contributed by atoms with Crippen molar-refractivity contribution in [3.8, 4) is 0 Å². The molecule has 7 heteroatoms. The van der Waals surface area contributed by atoms with Crippen LogP contribution in [0, 0.1) is 10.1 Å². The predicted molar refractivity (Wildman–Crippen MR) is 84.9 cm³/mol. The second kappa shape index (κ2) is 7.28. The molecule has 0 aliphatic heterocycles. The van der Waals surface area contributed by atoms with Crippen molar-refractivity contribution < 1.29 is 14.8 Å². The van der Waals surface area contributed by atoms with Gasteiger partial charge in [0, 0.05) is 17.7 Å². The summed E-state index contributed by atoms with van der Waals surface area (Å²) >= 11 is 0. The highest BCUT2D eigenvalue weighted by Crippen LogP contribution is 2.14. The number of hydrogen-bond acceptors (Lipinski definition) is 5. The Balaban J connectivity index is 2.08. The van der Waals surface area contributed by atoms with Crippen LogP contribution in [-0.4, -0.2) is 21.6 Å². The highest BCUT2D eigenvalue weighted by molar-refractivity contribution is 5.99. The summed E-state index contributed by atoms with van der Waals surface area (Å²) in [5, 5.41) is 24.5. The molecule has 7 nitrogen and oxygen atoms in total. The van der Waals surface area contributed by atoms with Crippen molar-refractivity contribution in [1.82, 2.24) is 5.43 Å². The number of nitro groups is 1. The maximum atomic E-state index is 11.9. The van der Waals surface area contributed by atoms with Crippen LogP contribution in [-0.2, 0) is 4.79 Å². The summed E-state index contributed by atoms with van der Waals surface area (Å²) in [5.41, 5.74) is 3.55. The summed E-state index contributed by atoms with van der Waals surface area (Å²) in [6.45, 7) is 1.61. The number of hydrazone groups is 1. The molecule has 118 valence electrons. The van der Waals surface area contributed by atoms with Crippen LogP contribution >= 0.6 is 0 Å². The molecule has 0 saturated carbocycles. The lowest BCUT2D eigenvalue weighted by Gasteiger charge is -2.09. The molecule has 0 aliphatic carbocycles. The largest absolute Gasteiger partial charge is 0.378 e. The van der Waals surface area contributed by atoms with Crippen molar-refractivity contribution in [3.05, 3.63) is 75.8 Å². The van der Waals surface area contributed by atoms with E-state index in [1.165, 1.54) is 18.2 Å². The van der Waals surface area contributed by atoms with Gasteiger partial charge in [0.05, 0.1) is 10.6 Å². The molecule has 0 fully saturated rings. The molecule has 0 heterocycles. The van der Waals surface area contributed by atoms with Crippen LogP contribution in [0.5, 0.6) is 0 Å². The highest BCUT2D eigenvalue weighted by atomic mass is 16.6. The van der Waals surface area contributed by atoms with Gasteiger partial charge in [0.2, 0.25) is 0 Å². The smallest absolute Gasteiger partial charge is 0.273 e. The van der Waals surface area contributed by atoms with E-state index in [4.69, 9.17) is 0 Å². The SMILES string of the molecule is C/C(=N\NC(=O)C(O)c1ccccc1)c1cccc([N+](=O)[O-])c1. The average molecular weight is 313 g/mol. The lowest BCUT2D eigenvalue weighted by molar-refractivity contribution is -0.384. The van der Waals surface area contributed by atoms with E-state index < -0.39 is 16.9 Å². The van der Waals surface area contributed by atoms with Crippen LogP contribution in [0.1, 0.15) is 24.2 Å². The van der Waals surface area contributed by atoms with Gasteiger partial charge in [0.1, 0.15) is 0 Å². The lowest BCUT2D eigenvalue weighted by atomic mass is 10.1. The van der Waals surface area contributed by atoms with Gasteiger partial charge in [0.15, 0.2) is 6.10 Å². The Kier molecular flexibility index (Phi) is 5.16. The Hall–Kier alpha value is -3.06. The lowest BCUT2D eigenvalue weighted by Crippen LogP contribution is -2.26.